The Labute approximate surface area is 94.2 Å². The van der Waals surface area contributed by atoms with Gasteiger partial charge in [0, 0.05) is 6.04 Å². The van der Waals surface area contributed by atoms with Gasteiger partial charge in [-0.2, -0.15) is 0 Å². The SMILES string of the molecule is Cc1cc(F)ccc1S(=O)(=O)N[C@H](C)CO. The third-order valence-corrected chi connectivity index (χ3v) is 3.81. The van der Waals surface area contributed by atoms with Crippen LogP contribution in [0.15, 0.2) is 23.1 Å². The van der Waals surface area contributed by atoms with Crippen LogP contribution >= 0.6 is 0 Å². The Bertz CT molecular complexity index is 473. The minimum absolute atomic E-state index is 0.0224. The molecule has 1 atom stereocenters. The van der Waals surface area contributed by atoms with Crippen LogP contribution in [0.25, 0.3) is 0 Å². The second-order valence-electron chi connectivity index (χ2n) is 3.61. The van der Waals surface area contributed by atoms with Crippen LogP contribution in [0.3, 0.4) is 0 Å². The Morgan fingerprint density at radius 3 is 2.62 bits per heavy atom. The maximum absolute atomic E-state index is 12.8. The van der Waals surface area contributed by atoms with Crippen LogP contribution in [0, 0.1) is 12.7 Å². The Morgan fingerprint density at radius 1 is 1.50 bits per heavy atom. The van der Waals surface area contributed by atoms with Gasteiger partial charge in [0.1, 0.15) is 5.82 Å². The van der Waals surface area contributed by atoms with Crippen molar-refractivity contribution >= 4 is 10.0 Å². The minimum Gasteiger partial charge on any atom is -0.395 e. The predicted octanol–water partition coefficient (Wildman–Crippen LogP) is 0.793. The number of benzene rings is 1. The molecule has 0 amide bonds. The molecule has 0 aliphatic rings. The van der Waals surface area contributed by atoms with E-state index in [0.29, 0.717) is 5.56 Å². The van der Waals surface area contributed by atoms with Crippen LogP contribution in [-0.2, 0) is 10.0 Å². The summed E-state index contributed by atoms with van der Waals surface area (Å²) < 4.78 is 38.7. The molecule has 0 heterocycles. The molecule has 0 unspecified atom stereocenters. The van der Waals surface area contributed by atoms with Gasteiger partial charge in [-0.3, -0.25) is 0 Å². The van der Waals surface area contributed by atoms with E-state index in [4.69, 9.17) is 5.11 Å². The fraction of sp³-hybridized carbons (Fsp3) is 0.400. The van der Waals surface area contributed by atoms with Gasteiger partial charge in [0.15, 0.2) is 0 Å². The van der Waals surface area contributed by atoms with Gasteiger partial charge >= 0.3 is 0 Å². The number of aryl methyl sites for hydroxylation is 1. The van der Waals surface area contributed by atoms with Gasteiger partial charge in [0.05, 0.1) is 11.5 Å². The highest BCUT2D eigenvalue weighted by Crippen LogP contribution is 2.16. The van der Waals surface area contributed by atoms with Gasteiger partial charge in [-0.05, 0) is 37.6 Å². The van der Waals surface area contributed by atoms with Crippen LogP contribution in [0.4, 0.5) is 4.39 Å². The summed E-state index contributed by atoms with van der Waals surface area (Å²) in [5, 5.41) is 8.77. The molecule has 0 saturated carbocycles. The fourth-order valence-electron chi connectivity index (χ4n) is 1.28. The molecule has 0 spiro atoms. The van der Waals surface area contributed by atoms with Crippen molar-refractivity contribution in [3.63, 3.8) is 0 Å². The summed E-state index contributed by atoms with van der Waals surface area (Å²) in [7, 11) is -3.70. The highest BCUT2D eigenvalue weighted by molar-refractivity contribution is 7.89. The molecule has 6 heteroatoms. The molecule has 0 aliphatic heterocycles. The second kappa shape index (κ2) is 4.90. The molecule has 2 N–H and O–H groups in total. The Hall–Kier alpha value is -0.980. The lowest BCUT2D eigenvalue weighted by Gasteiger charge is -2.13. The summed E-state index contributed by atoms with van der Waals surface area (Å²) in [6, 6.07) is 2.87. The molecule has 4 nitrogen and oxygen atoms in total. The molecule has 90 valence electrons. The first-order valence-electron chi connectivity index (χ1n) is 4.76. The summed E-state index contributed by atoms with van der Waals surface area (Å²) >= 11 is 0. The normalized spacial score (nSPS) is 13.8. The molecule has 0 radical (unpaired) electrons. The van der Waals surface area contributed by atoms with Crippen LogP contribution in [-0.4, -0.2) is 26.2 Å². The molecule has 1 rings (SSSR count). The lowest BCUT2D eigenvalue weighted by molar-refractivity contribution is 0.265. The summed E-state index contributed by atoms with van der Waals surface area (Å²) in [6.45, 7) is 2.76. The van der Waals surface area contributed by atoms with E-state index >= 15 is 0 Å². The zero-order chi connectivity index (χ0) is 12.3. The lowest BCUT2D eigenvalue weighted by atomic mass is 10.2. The van der Waals surface area contributed by atoms with E-state index < -0.39 is 21.9 Å². The quantitative estimate of drug-likeness (QED) is 0.826. The largest absolute Gasteiger partial charge is 0.395 e. The highest BCUT2D eigenvalue weighted by atomic mass is 32.2. The van der Waals surface area contributed by atoms with Crippen molar-refractivity contribution in [1.82, 2.24) is 4.72 Å². The molecule has 0 bridgehead atoms. The van der Waals surface area contributed by atoms with Crippen molar-refractivity contribution in [3.05, 3.63) is 29.6 Å². The van der Waals surface area contributed by atoms with E-state index in [2.05, 4.69) is 4.72 Å². The summed E-state index contributed by atoms with van der Waals surface area (Å²) in [5.74, 6) is -0.480. The zero-order valence-electron chi connectivity index (χ0n) is 9.07. The van der Waals surface area contributed by atoms with Gasteiger partial charge in [0.2, 0.25) is 10.0 Å². The molecule has 0 fully saturated rings. The number of aliphatic hydroxyl groups is 1. The predicted molar refractivity (Wildman–Crippen MR) is 58.0 cm³/mol. The first-order valence-corrected chi connectivity index (χ1v) is 6.24. The highest BCUT2D eigenvalue weighted by Gasteiger charge is 2.19. The summed E-state index contributed by atoms with van der Waals surface area (Å²) in [5.41, 5.74) is 0.331. The monoisotopic (exact) mass is 247 g/mol. The molecule has 1 aromatic rings. The second-order valence-corrected chi connectivity index (χ2v) is 5.30. The van der Waals surface area contributed by atoms with E-state index in [-0.39, 0.29) is 11.5 Å². The Kier molecular flexibility index (Phi) is 4.01. The molecular weight excluding hydrogens is 233 g/mol. The van der Waals surface area contributed by atoms with Crippen LogP contribution in [0.2, 0.25) is 0 Å². The zero-order valence-corrected chi connectivity index (χ0v) is 9.88. The Morgan fingerprint density at radius 2 is 2.12 bits per heavy atom. The van der Waals surface area contributed by atoms with Crippen LogP contribution in [0.5, 0.6) is 0 Å². The summed E-state index contributed by atoms with van der Waals surface area (Å²) in [6.07, 6.45) is 0. The third kappa shape index (κ3) is 3.01. The molecule has 16 heavy (non-hydrogen) atoms. The first-order chi connectivity index (χ1) is 7.36. The molecule has 0 aliphatic carbocycles. The van der Waals surface area contributed by atoms with Crippen molar-refractivity contribution in [2.75, 3.05) is 6.61 Å². The minimum atomic E-state index is -3.70. The lowest BCUT2D eigenvalue weighted by Crippen LogP contribution is -2.35. The maximum Gasteiger partial charge on any atom is 0.241 e. The number of aliphatic hydroxyl groups excluding tert-OH is 1. The van der Waals surface area contributed by atoms with E-state index in [1.165, 1.54) is 19.9 Å². The van der Waals surface area contributed by atoms with E-state index in [1.807, 2.05) is 0 Å². The van der Waals surface area contributed by atoms with Crippen molar-refractivity contribution in [1.29, 1.82) is 0 Å². The smallest absolute Gasteiger partial charge is 0.241 e. The number of halogens is 1. The number of sulfonamides is 1. The molecule has 0 aromatic heterocycles. The Balaban J connectivity index is 3.08. The van der Waals surface area contributed by atoms with Gasteiger partial charge in [0.25, 0.3) is 0 Å². The molecular formula is C10H14FNO3S. The summed E-state index contributed by atoms with van der Waals surface area (Å²) in [4.78, 5) is 0.0224. The van der Waals surface area contributed by atoms with E-state index in [1.54, 1.807) is 0 Å². The van der Waals surface area contributed by atoms with Gasteiger partial charge in [-0.1, -0.05) is 0 Å². The average molecular weight is 247 g/mol. The molecule has 0 saturated heterocycles. The first kappa shape index (κ1) is 13.1. The van der Waals surface area contributed by atoms with Crippen LogP contribution in [0.1, 0.15) is 12.5 Å². The average Bonchev–Trinajstić information content (AvgIpc) is 2.16. The maximum atomic E-state index is 12.8. The van der Waals surface area contributed by atoms with Crippen molar-refractivity contribution < 1.29 is 17.9 Å². The topological polar surface area (TPSA) is 66.4 Å². The van der Waals surface area contributed by atoms with Crippen molar-refractivity contribution in [2.24, 2.45) is 0 Å². The number of hydrogen-bond donors (Lipinski definition) is 2. The fourth-order valence-corrected chi connectivity index (χ4v) is 2.74. The number of rotatable bonds is 4. The third-order valence-electron chi connectivity index (χ3n) is 2.06. The standard InChI is InChI=1S/C10H14FNO3S/c1-7-5-9(11)3-4-10(7)16(14,15)12-8(2)6-13/h3-5,8,12-13H,6H2,1-2H3/t8-/m1/s1. The van der Waals surface area contributed by atoms with Gasteiger partial charge in [-0.15, -0.1) is 0 Å². The van der Waals surface area contributed by atoms with Crippen molar-refractivity contribution in [3.8, 4) is 0 Å². The van der Waals surface area contributed by atoms with E-state index in [0.717, 1.165) is 12.1 Å². The van der Waals surface area contributed by atoms with Crippen molar-refractivity contribution in [2.45, 2.75) is 24.8 Å². The van der Waals surface area contributed by atoms with Gasteiger partial charge in [-0.25, -0.2) is 17.5 Å². The van der Waals surface area contributed by atoms with E-state index in [9.17, 15) is 12.8 Å². The van der Waals surface area contributed by atoms with Crippen LogP contribution < -0.4 is 4.72 Å². The van der Waals surface area contributed by atoms with Gasteiger partial charge < -0.3 is 5.11 Å². The number of nitrogens with one attached hydrogen (secondary N) is 1. The number of hydrogen-bond acceptors (Lipinski definition) is 3. The molecule has 1 aromatic carbocycles.